The summed E-state index contributed by atoms with van der Waals surface area (Å²) < 4.78 is 3.13. The highest BCUT2D eigenvalue weighted by atomic mass is 32.1. The van der Waals surface area contributed by atoms with Crippen molar-refractivity contribution < 1.29 is 9.59 Å². The molecule has 3 aromatic rings. The predicted octanol–water partition coefficient (Wildman–Crippen LogP) is 1.77. The van der Waals surface area contributed by atoms with Gasteiger partial charge in [-0.2, -0.15) is 5.10 Å². The Balaban J connectivity index is 1.65. The minimum absolute atomic E-state index is 0.0947. The fourth-order valence-corrected chi connectivity index (χ4v) is 3.88. The van der Waals surface area contributed by atoms with Crippen LogP contribution in [0.3, 0.4) is 0 Å². The van der Waals surface area contributed by atoms with Crippen molar-refractivity contribution in [3.63, 3.8) is 0 Å². The molecule has 30 heavy (non-hydrogen) atoms. The van der Waals surface area contributed by atoms with Gasteiger partial charge >= 0.3 is 5.69 Å². The van der Waals surface area contributed by atoms with E-state index in [0.29, 0.717) is 0 Å². The highest BCUT2D eigenvalue weighted by Gasteiger charge is 2.24. The Morgan fingerprint density at radius 2 is 1.90 bits per heavy atom. The quantitative estimate of drug-likeness (QED) is 0.444. The molecule has 0 fully saturated rings. The molecule has 9 heteroatoms. The molecule has 2 aromatic heterocycles. The maximum absolute atomic E-state index is 12.5. The van der Waals surface area contributed by atoms with E-state index in [9.17, 15) is 14.4 Å². The molecule has 0 aliphatic rings. The van der Waals surface area contributed by atoms with E-state index in [-0.39, 0.29) is 29.8 Å². The van der Waals surface area contributed by atoms with Gasteiger partial charge in [0.2, 0.25) is 5.91 Å². The monoisotopic (exact) mass is 427 g/mol. The van der Waals surface area contributed by atoms with Crippen LogP contribution in [0, 0.1) is 5.92 Å². The summed E-state index contributed by atoms with van der Waals surface area (Å²) >= 11 is 1.50. The summed E-state index contributed by atoms with van der Waals surface area (Å²) in [5.41, 5.74) is 4.73. The van der Waals surface area contributed by atoms with Gasteiger partial charge in [0.15, 0.2) is 0 Å². The van der Waals surface area contributed by atoms with Gasteiger partial charge in [0.05, 0.1) is 23.7 Å². The van der Waals surface area contributed by atoms with E-state index in [4.69, 9.17) is 0 Å². The van der Waals surface area contributed by atoms with Crippen LogP contribution in [0.4, 0.5) is 0 Å². The topological polar surface area (TPSA) is 97.5 Å². The smallest absolute Gasteiger partial charge is 0.328 e. The van der Waals surface area contributed by atoms with Crippen LogP contribution in [0.2, 0.25) is 0 Å². The number of carbonyl (C=O) groups excluding carboxylic acids is 2. The first-order valence-corrected chi connectivity index (χ1v) is 10.5. The second-order valence-corrected chi connectivity index (χ2v) is 8.46. The van der Waals surface area contributed by atoms with Crippen molar-refractivity contribution in [3.8, 4) is 0 Å². The molecule has 3 rings (SSSR count). The number of hydrogen-bond acceptors (Lipinski definition) is 5. The number of hydrazone groups is 1. The minimum atomic E-state index is -0.688. The zero-order valence-electron chi connectivity index (χ0n) is 17.4. The number of amides is 2. The standard InChI is InChI=1S/C21H25N5O3S/c1-13(2)19(23-18(27)11-15-6-5-9-30-15)20(28)24-22-12-14-7-8-16-17(10-14)26(4)21(29)25(16)3/h5-10,12-13,19H,11H2,1-4H3,(H,23,27)(H,24,28)/b22-12-/t19-/m1/s1. The summed E-state index contributed by atoms with van der Waals surface area (Å²) in [4.78, 5) is 37.8. The van der Waals surface area contributed by atoms with Crippen LogP contribution in [0.1, 0.15) is 24.3 Å². The Bertz CT molecular complexity index is 1140. The van der Waals surface area contributed by atoms with Gasteiger partial charge in [-0.1, -0.05) is 26.0 Å². The molecule has 0 saturated heterocycles. The van der Waals surface area contributed by atoms with Gasteiger partial charge in [-0.25, -0.2) is 10.2 Å². The average molecular weight is 428 g/mol. The highest BCUT2D eigenvalue weighted by molar-refractivity contribution is 7.10. The molecule has 158 valence electrons. The number of rotatable bonds is 7. The Hall–Kier alpha value is -3.20. The number of nitrogens with one attached hydrogen (secondary N) is 2. The van der Waals surface area contributed by atoms with Crippen molar-refractivity contribution >= 4 is 40.4 Å². The molecule has 0 radical (unpaired) electrons. The number of aromatic nitrogens is 2. The molecule has 0 unspecified atom stereocenters. The average Bonchev–Trinajstić information content (AvgIpc) is 3.29. The van der Waals surface area contributed by atoms with Crippen LogP contribution in [0.5, 0.6) is 0 Å². The fraction of sp³-hybridized carbons (Fsp3) is 0.333. The number of thiophene rings is 1. The Labute approximate surface area is 178 Å². The molecule has 2 heterocycles. The molecule has 1 atom stereocenters. The summed E-state index contributed by atoms with van der Waals surface area (Å²) in [5.74, 6) is -0.678. The van der Waals surface area contributed by atoms with Gasteiger partial charge in [0.1, 0.15) is 6.04 Å². The summed E-state index contributed by atoms with van der Waals surface area (Å²) in [6.07, 6.45) is 1.76. The number of nitrogens with zero attached hydrogens (tertiary/aromatic N) is 3. The van der Waals surface area contributed by atoms with Crippen molar-refractivity contribution in [2.75, 3.05) is 0 Å². The number of benzene rings is 1. The van der Waals surface area contributed by atoms with Gasteiger partial charge in [0, 0.05) is 19.0 Å². The van der Waals surface area contributed by atoms with Crippen molar-refractivity contribution in [1.82, 2.24) is 19.9 Å². The van der Waals surface area contributed by atoms with Crippen LogP contribution in [0.25, 0.3) is 11.0 Å². The van der Waals surface area contributed by atoms with E-state index >= 15 is 0 Å². The number of hydrogen-bond donors (Lipinski definition) is 2. The largest absolute Gasteiger partial charge is 0.344 e. The lowest BCUT2D eigenvalue weighted by Gasteiger charge is -2.20. The van der Waals surface area contributed by atoms with Gasteiger partial charge in [-0.15, -0.1) is 11.3 Å². The fourth-order valence-electron chi connectivity index (χ4n) is 3.17. The van der Waals surface area contributed by atoms with Gasteiger partial charge in [-0.3, -0.25) is 18.7 Å². The van der Waals surface area contributed by atoms with E-state index in [1.165, 1.54) is 17.6 Å². The van der Waals surface area contributed by atoms with E-state index in [1.54, 1.807) is 23.2 Å². The molecule has 0 aliphatic carbocycles. The van der Waals surface area contributed by atoms with E-state index in [0.717, 1.165) is 21.5 Å². The minimum Gasteiger partial charge on any atom is -0.344 e. The van der Waals surface area contributed by atoms with Crippen LogP contribution < -0.4 is 16.4 Å². The third kappa shape index (κ3) is 4.68. The second-order valence-electron chi connectivity index (χ2n) is 7.43. The highest BCUT2D eigenvalue weighted by Crippen LogP contribution is 2.13. The van der Waals surface area contributed by atoms with Crippen LogP contribution in [0.15, 0.2) is 45.6 Å². The van der Waals surface area contributed by atoms with E-state index in [1.807, 2.05) is 49.6 Å². The van der Waals surface area contributed by atoms with Crippen molar-refractivity contribution in [2.24, 2.45) is 25.1 Å². The molecule has 2 N–H and O–H groups in total. The first-order valence-electron chi connectivity index (χ1n) is 9.58. The van der Waals surface area contributed by atoms with Gasteiger partial charge in [0.25, 0.3) is 5.91 Å². The van der Waals surface area contributed by atoms with Crippen molar-refractivity contribution in [1.29, 1.82) is 0 Å². The van der Waals surface area contributed by atoms with Crippen molar-refractivity contribution in [3.05, 3.63) is 56.6 Å². The Morgan fingerprint density at radius 1 is 1.17 bits per heavy atom. The SMILES string of the molecule is CC(C)[C@@H](NC(=O)Cc1cccs1)C(=O)N/N=C\c1ccc2c(c1)n(C)c(=O)n2C. The zero-order valence-corrected chi connectivity index (χ0v) is 18.2. The lowest BCUT2D eigenvalue weighted by atomic mass is 10.0. The van der Waals surface area contributed by atoms with Crippen LogP contribution >= 0.6 is 11.3 Å². The lowest BCUT2D eigenvalue weighted by Crippen LogP contribution is -2.49. The maximum atomic E-state index is 12.5. The maximum Gasteiger partial charge on any atom is 0.328 e. The van der Waals surface area contributed by atoms with E-state index < -0.39 is 6.04 Å². The molecule has 0 aliphatic heterocycles. The Kier molecular flexibility index (Phi) is 6.51. The predicted molar refractivity (Wildman–Crippen MR) is 119 cm³/mol. The van der Waals surface area contributed by atoms with Crippen LogP contribution in [-0.2, 0) is 30.1 Å². The molecule has 2 amide bonds. The zero-order chi connectivity index (χ0) is 21.8. The molecular formula is C21H25N5O3S. The number of aryl methyl sites for hydroxylation is 2. The summed E-state index contributed by atoms with van der Waals surface area (Å²) in [5, 5.41) is 8.72. The molecular weight excluding hydrogens is 402 g/mol. The number of imidazole rings is 1. The normalized spacial score (nSPS) is 12.6. The molecule has 0 saturated carbocycles. The van der Waals surface area contributed by atoms with E-state index in [2.05, 4.69) is 15.8 Å². The van der Waals surface area contributed by atoms with Crippen LogP contribution in [-0.4, -0.2) is 33.2 Å². The summed E-state index contributed by atoms with van der Waals surface area (Å²) in [7, 11) is 3.43. The molecule has 1 aromatic carbocycles. The first-order chi connectivity index (χ1) is 14.3. The molecule has 0 spiro atoms. The third-order valence-corrected chi connectivity index (χ3v) is 5.74. The number of carbonyl (C=O) groups is 2. The Morgan fingerprint density at radius 3 is 2.57 bits per heavy atom. The van der Waals surface area contributed by atoms with Gasteiger partial charge < -0.3 is 5.32 Å². The first kappa shape index (κ1) is 21.5. The van der Waals surface area contributed by atoms with Gasteiger partial charge in [-0.05, 0) is 35.1 Å². The number of fused-ring (bicyclic) bond motifs is 1. The molecule has 0 bridgehead atoms. The molecule has 8 nitrogen and oxygen atoms in total. The third-order valence-electron chi connectivity index (χ3n) is 4.86. The summed E-state index contributed by atoms with van der Waals surface area (Å²) in [6.45, 7) is 3.73. The van der Waals surface area contributed by atoms with Crippen molar-refractivity contribution in [2.45, 2.75) is 26.3 Å². The second kappa shape index (κ2) is 9.08. The summed E-state index contributed by atoms with van der Waals surface area (Å²) in [6, 6.07) is 8.57. The lowest BCUT2D eigenvalue weighted by molar-refractivity contribution is -0.129.